The smallest absolute Gasteiger partial charge is 0.260 e. The molecule has 0 N–H and O–H groups in total. The molecule has 8 nitrogen and oxygen atoms in total. The number of aromatic nitrogens is 1. The van der Waals surface area contributed by atoms with Gasteiger partial charge in [0, 0.05) is 17.4 Å². The van der Waals surface area contributed by atoms with Crippen LogP contribution in [0.4, 0.5) is 5.69 Å². The van der Waals surface area contributed by atoms with E-state index < -0.39 is 0 Å². The maximum Gasteiger partial charge on any atom is 0.260 e. The standard InChI is InChI=1S/C26H29N3O5S/c1-6-32-22-10-8-7-9-21(22)27-26-29(16(2)15-35-26)25(30)19-11-12-23(24(13-19)31-5)33-14-20-17(3)28-34-18(20)4/h7-13,16H,6,14-15H2,1-5H3. The van der Waals surface area contributed by atoms with E-state index in [2.05, 4.69) is 5.16 Å². The predicted octanol–water partition coefficient (Wildman–Crippen LogP) is 5.54. The highest BCUT2D eigenvalue weighted by atomic mass is 32.2. The molecular formula is C26H29N3O5S. The van der Waals surface area contributed by atoms with Gasteiger partial charge in [-0.3, -0.25) is 9.69 Å². The molecule has 1 atom stereocenters. The van der Waals surface area contributed by atoms with Gasteiger partial charge < -0.3 is 18.7 Å². The topological polar surface area (TPSA) is 86.4 Å². The number of amides is 1. The number of aliphatic imine (C=N–C) groups is 1. The fourth-order valence-electron chi connectivity index (χ4n) is 3.75. The van der Waals surface area contributed by atoms with Gasteiger partial charge in [-0.25, -0.2) is 4.99 Å². The van der Waals surface area contributed by atoms with Gasteiger partial charge in [-0.1, -0.05) is 29.1 Å². The Morgan fingerprint density at radius 1 is 1.17 bits per heavy atom. The van der Waals surface area contributed by atoms with E-state index in [9.17, 15) is 4.79 Å². The van der Waals surface area contributed by atoms with Gasteiger partial charge in [0.05, 0.1) is 25.0 Å². The first kappa shape index (κ1) is 24.7. The van der Waals surface area contributed by atoms with E-state index in [0.717, 1.165) is 17.0 Å². The van der Waals surface area contributed by atoms with E-state index in [1.807, 2.05) is 52.0 Å². The number of para-hydroxylation sites is 2. The van der Waals surface area contributed by atoms with Crippen LogP contribution in [0.1, 0.15) is 41.2 Å². The van der Waals surface area contributed by atoms with Crippen LogP contribution in [0.15, 0.2) is 52.0 Å². The molecule has 184 valence electrons. The van der Waals surface area contributed by atoms with Gasteiger partial charge >= 0.3 is 0 Å². The Hall–Kier alpha value is -3.46. The maximum atomic E-state index is 13.6. The zero-order valence-electron chi connectivity index (χ0n) is 20.5. The lowest BCUT2D eigenvalue weighted by Crippen LogP contribution is -2.37. The van der Waals surface area contributed by atoms with Crippen molar-refractivity contribution in [2.24, 2.45) is 4.99 Å². The first-order valence-electron chi connectivity index (χ1n) is 11.4. The minimum Gasteiger partial charge on any atom is -0.493 e. The highest BCUT2D eigenvalue weighted by Gasteiger charge is 2.33. The van der Waals surface area contributed by atoms with Crippen LogP contribution in [0.5, 0.6) is 17.2 Å². The molecule has 0 saturated carbocycles. The third-order valence-corrected chi connectivity index (χ3v) is 6.86. The van der Waals surface area contributed by atoms with Gasteiger partial charge in [-0.2, -0.15) is 0 Å². The number of thioether (sulfide) groups is 1. The molecule has 1 unspecified atom stereocenters. The zero-order chi connectivity index (χ0) is 24.9. The molecule has 2 heterocycles. The van der Waals surface area contributed by atoms with Crippen molar-refractivity contribution >= 4 is 28.5 Å². The molecule has 0 spiro atoms. The summed E-state index contributed by atoms with van der Waals surface area (Å²) in [4.78, 5) is 20.1. The Morgan fingerprint density at radius 3 is 2.69 bits per heavy atom. The monoisotopic (exact) mass is 495 g/mol. The third-order valence-electron chi connectivity index (χ3n) is 5.66. The Morgan fingerprint density at radius 2 is 1.97 bits per heavy atom. The molecular weight excluding hydrogens is 466 g/mol. The number of carbonyl (C=O) groups excluding carboxylic acids is 1. The molecule has 35 heavy (non-hydrogen) atoms. The molecule has 4 rings (SSSR count). The Bertz CT molecular complexity index is 1220. The number of benzene rings is 2. The average molecular weight is 496 g/mol. The summed E-state index contributed by atoms with van der Waals surface area (Å²) < 4.78 is 22.4. The molecule has 0 aliphatic carbocycles. The van der Waals surface area contributed by atoms with Crippen LogP contribution < -0.4 is 14.2 Å². The van der Waals surface area contributed by atoms with Crippen molar-refractivity contribution < 1.29 is 23.5 Å². The van der Waals surface area contributed by atoms with Gasteiger partial charge in [0.1, 0.15) is 23.8 Å². The zero-order valence-corrected chi connectivity index (χ0v) is 21.3. The summed E-state index contributed by atoms with van der Waals surface area (Å²) in [6.07, 6.45) is 0. The van der Waals surface area contributed by atoms with E-state index in [1.54, 1.807) is 42.0 Å². The van der Waals surface area contributed by atoms with E-state index in [-0.39, 0.29) is 11.9 Å². The molecule has 0 bridgehead atoms. The van der Waals surface area contributed by atoms with E-state index in [0.29, 0.717) is 52.6 Å². The lowest BCUT2D eigenvalue weighted by Gasteiger charge is -2.22. The minimum atomic E-state index is -0.147. The Labute approximate surface area is 209 Å². The fraction of sp³-hybridized carbons (Fsp3) is 0.346. The SMILES string of the molecule is CCOc1ccccc1N=C1SCC(C)N1C(=O)c1ccc(OCc2c(C)noc2C)c(OC)c1. The van der Waals surface area contributed by atoms with Crippen molar-refractivity contribution in [3.8, 4) is 17.2 Å². The predicted molar refractivity (Wildman–Crippen MR) is 136 cm³/mol. The van der Waals surface area contributed by atoms with E-state index >= 15 is 0 Å². The van der Waals surface area contributed by atoms with Crippen molar-refractivity contribution in [1.29, 1.82) is 0 Å². The van der Waals surface area contributed by atoms with Crippen LogP contribution in [0.2, 0.25) is 0 Å². The molecule has 1 saturated heterocycles. The molecule has 1 aliphatic rings. The Kier molecular flexibility index (Phi) is 7.65. The Balaban J connectivity index is 1.58. The second-order valence-electron chi connectivity index (χ2n) is 8.09. The summed E-state index contributed by atoms with van der Waals surface area (Å²) in [5.41, 5.74) is 2.87. The number of aryl methyl sites for hydroxylation is 2. The van der Waals surface area contributed by atoms with Gasteiger partial charge in [0.2, 0.25) is 0 Å². The number of ether oxygens (including phenoxy) is 3. The summed E-state index contributed by atoms with van der Waals surface area (Å²) in [6.45, 7) is 8.49. The number of nitrogens with zero attached hydrogens (tertiary/aromatic N) is 3. The van der Waals surface area contributed by atoms with Crippen LogP contribution in [0.3, 0.4) is 0 Å². The minimum absolute atomic E-state index is 0.00744. The maximum absolute atomic E-state index is 13.6. The van der Waals surface area contributed by atoms with Crippen LogP contribution in [-0.2, 0) is 6.61 Å². The van der Waals surface area contributed by atoms with Crippen molar-refractivity contribution in [1.82, 2.24) is 10.1 Å². The first-order valence-corrected chi connectivity index (χ1v) is 12.4. The van der Waals surface area contributed by atoms with Crippen LogP contribution in [0, 0.1) is 13.8 Å². The molecule has 1 amide bonds. The fourth-order valence-corrected chi connectivity index (χ4v) is 4.85. The van der Waals surface area contributed by atoms with Crippen LogP contribution >= 0.6 is 11.8 Å². The van der Waals surface area contributed by atoms with Crippen molar-refractivity contribution in [3.63, 3.8) is 0 Å². The summed E-state index contributed by atoms with van der Waals surface area (Å²) in [5, 5.41) is 4.60. The number of hydrogen-bond acceptors (Lipinski definition) is 8. The summed E-state index contributed by atoms with van der Waals surface area (Å²) in [6, 6.07) is 12.8. The molecule has 0 radical (unpaired) electrons. The lowest BCUT2D eigenvalue weighted by molar-refractivity contribution is 0.0828. The summed E-state index contributed by atoms with van der Waals surface area (Å²) in [5.74, 6) is 3.03. The quantitative estimate of drug-likeness (QED) is 0.405. The second kappa shape index (κ2) is 10.9. The molecule has 1 aromatic heterocycles. The number of carbonyl (C=O) groups is 1. The van der Waals surface area contributed by atoms with E-state index in [1.165, 1.54) is 0 Å². The highest BCUT2D eigenvalue weighted by molar-refractivity contribution is 8.14. The van der Waals surface area contributed by atoms with Crippen molar-refractivity contribution in [2.45, 2.75) is 40.3 Å². The number of rotatable bonds is 8. The number of hydrogen-bond donors (Lipinski definition) is 0. The van der Waals surface area contributed by atoms with E-state index in [4.69, 9.17) is 23.7 Å². The van der Waals surface area contributed by atoms with Crippen molar-refractivity contribution in [2.75, 3.05) is 19.5 Å². The highest BCUT2D eigenvalue weighted by Crippen LogP contribution is 2.35. The number of methoxy groups -OCH3 is 1. The summed E-state index contributed by atoms with van der Waals surface area (Å²) >= 11 is 1.55. The van der Waals surface area contributed by atoms with Gasteiger partial charge in [0.25, 0.3) is 5.91 Å². The average Bonchev–Trinajstić information content (AvgIpc) is 3.39. The molecule has 9 heteroatoms. The van der Waals surface area contributed by atoms with Gasteiger partial charge in [-0.15, -0.1) is 0 Å². The second-order valence-corrected chi connectivity index (χ2v) is 9.07. The molecule has 1 fully saturated rings. The molecule has 2 aromatic carbocycles. The van der Waals surface area contributed by atoms with Crippen molar-refractivity contribution in [3.05, 3.63) is 65.0 Å². The van der Waals surface area contributed by atoms with Crippen LogP contribution in [0.25, 0.3) is 0 Å². The largest absolute Gasteiger partial charge is 0.493 e. The van der Waals surface area contributed by atoms with Crippen LogP contribution in [-0.4, -0.2) is 46.6 Å². The molecule has 3 aromatic rings. The van der Waals surface area contributed by atoms with Gasteiger partial charge in [-0.05, 0) is 58.0 Å². The first-order chi connectivity index (χ1) is 16.9. The molecule has 1 aliphatic heterocycles. The summed E-state index contributed by atoms with van der Waals surface area (Å²) in [7, 11) is 1.55. The van der Waals surface area contributed by atoms with Gasteiger partial charge in [0.15, 0.2) is 16.7 Å². The third kappa shape index (κ3) is 5.30. The lowest BCUT2D eigenvalue weighted by atomic mass is 10.1. The normalized spacial score (nSPS) is 16.5. The number of amidine groups is 1.